The molecule has 1 aliphatic rings. The maximum Gasteiger partial charge on any atom is 0.471 e. The van der Waals surface area contributed by atoms with E-state index in [4.69, 9.17) is 5.11 Å². The largest absolute Gasteiger partial charge is 0.478 e. The molecule has 0 aromatic heterocycles. The Hall–Kier alpha value is -2.09. The van der Waals surface area contributed by atoms with Gasteiger partial charge in [-0.05, 0) is 57.1 Å². The summed E-state index contributed by atoms with van der Waals surface area (Å²) < 4.78 is 38.8. The number of piperidine rings is 1. The van der Waals surface area contributed by atoms with Crippen molar-refractivity contribution in [1.29, 1.82) is 0 Å². The van der Waals surface area contributed by atoms with Crippen LogP contribution in [0.15, 0.2) is 24.3 Å². The van der Waals surface area contributed by atoms with Gasteiger partial charge < -0.3 is 14.9 Å². The van der Waals surface area contributed by atoms with Crippen molar-refractivity contribution in [2.75, 3.05) is 31.6 Å². The van der Waals surface area contributed by atoms with Crippen molar-refractivity contribution in [2.24, 2.45) is 5.92 Å². The van der Waals surface area contributed by atoms with Crippen molar-refractivity contribution in [3.05, 3.63) is 29.8 Å². The van der Waals surface area contributed by atoms with Gasteiger partial charge in [0.1, 0.15) is 0 Å². The molecule has 5 nitrogen and oxygen atoms in total. The third-order valence-corrected chi connectivity index (χ3v) is 4.17. The molecule has 0 unspecified atom stereocenters. The zero-order valence-electron chi connectivity index (χ0n) is 13.2. The molecule has 0 saturated carbocycles. The zero-order valence-corrected chi connectivity index (χ0v) is 13.2. The number of halogens is 3. The fourth-order valence-corrected chi connectivity index (χ4v) is 2.77. The van der Waals surface area contributed by atoms with Crippen LogP contribution in [0, 0.1) is 5.92 Å². The van der Waals surface area contributed by atoms with Crippen LogP contribution in [0.1, 0.15) is 23.2 Å². The highest BCUT2D eigenvalue weighted by atomic mass is 19.4. The molecular weight excluding hydrogens is 325 g/mol. The lowest BCUT2D eigenvalue weighted by molar-refractivity contribution is -0.170. The second kappa shape index (κ2) is 7.21. The summed E-state index contributed by atoms with van der Waals surface area (Å²) in [4.78, 5) is 25.6. The summed E-state index contributed by atoms with van der Waals surface area (Å²) in [5.41, 5.74) is -0.202. The molecule has 1 aromatic rings. The molecule has 1 saturated heterocycles. The highest BCUT2D eigenvalue weighted by molar-refractivity contribution is 5.98. The van der Waals surface area contributed by atoms with Crippen molar-refractivity contribution >= 4 is 17.6 Å². The van der Waals surface area contributed by atoms with Gasteiger partial charge in [0.2, 0.25) is 0 Å². The van der Waals surface area contributed by atoms with Gasteiger partial charge in [-0.2, -0.15) is 13.2 Å². The van der Waals surface area contributed by atoms with Crippen LogP contribution in [0.5, 0.6) is 0 Å². The van der Waals surface area contributed by atoms with Gasteiger partial charge in [0.05, 0.1) is 5.56 Å². The van der Waals surface area contributed by atoms with E-state index in [0.29, 0.717) is 17.7 Å². The van der Waals surface area contributed by atoms with Gasteiger partial charge in [0.25, 0.3) is 0 Å². The molecule has 0 bridgehead atoms. The first-order valence-electron chi connectivity index (χ1n) is 7.59. The molecule has 0 spiro atoms. The number of anilines is 1. The molecule has 1 heterocycles. The number of hydrogen-bond donors (Lipinski definition) is 1. The van der Waals surface area contributed by atoms with Gasteiger partial charge in [-0.1, -0.05) is 6.07 Å². The van der Waals surface area contributed by atoms with Crippen LogP contribution in [-0.4, -0.2) is 54.7 Å². The smallest absolute Gasteiger partial charge is 0.471 e. The molecule has 2 rings (SSSR count). The summed E-state index contributed by atoms with van der Waals surface area (Å²) in [6.45, 7) is 1.44. The number of amides is 1. The van der Waals surface area contributed by atoms with E-state index in [1.807, 2.05) is 7.05 Å². The van der Waals surface area contributed by atoms with Crippen molar-refractivity contribution < 1.29 is 27.9 Å². The number of likely N-dealkylation sites (tertiary alicyclic amines) is 1. The first kappa shape index (κ1) is 18.3. The molecule has 1 aliphatic heterocycles. The number of carboxylic acids is 1. The molecule has 1 aromatic carbocycles. The summed E-state index contributed by atoms with van der Waals surface area (Å²) >= 11 is 0. The number of carbonyl (C=O) groups is 2. The number of alkyl halides is 3. The predicted molar refractivity (Wildman–Crippen MR) is 82.0 cm³/mol. The summed E-state index contributed by atoms with van der Waals surface area (Å²) in [5.74, 6) is -3.28. The SMILES string of the molecule is CN1CCC(CN(C(=O)C(F)(F)F)c2cccc(C(=O)O)c2)CC1. The van der Waals surface area contributed by atoms with Crippen molar-refractivity contribution in [2.45, 2.75) is 19.0 Å². The Balaban J connectivity index is 2.27. The minimum atomic E-state index is -5.01. The van der Waals surface area contributed by atoms with Gasteiger partial charge in [-0.25, -0.2) is 4.79 Å². The Bertz CT molecular complexity index is 611. The lowest BCUT2D eigenvalue weighted by Gasteiger charge is -2.33. The van der Waals surface area contributed by atoms with E-state index in [0.717, 1.165) is 19.2 Å². The van der Waals surface area contributed by atoms with E-state index in [-0.39, 0.29) is 23.7 Å². The number of nitrogens with zero attached hydrogens (tertiary/aromatic N) is 2. The Morgan fingerprint density at radius 1 is 1.29 bits per heavy atom. The Labute approximate surface area is 137 Å². The standard InChI is InChI=1S/C16H19F3N2O3/c1-20-7-5-11(6-8-20)10-21(15(24)16(17,18)19)13-4-2-3-12(9-13)14(22)23/h2-4,9,11H,5-8,10H2,1H3,(H,22,23). The quantitative estimate of drug-likeness (QED) is 0.912. The first-order valence-corrected chi connectivity index (χ1v) is 7.59. The van der Waals surface area contributed by atoms with Crippen LogP contribution in [0.25, 0.3) is 0 Å². The monoisotopic (exact) mass is 344 g/mol. The molecule has 1 N–H and O–H groups in total. The predicted octanol–water partition coefficient (Wildman–Crippen LogP) is 2.62. The molecule has 0 atom stereocenters. The average molecular weight is 344 g/mol. The average Bonchev–Trinajstić information content (AvgIpc) is 2.53. The van der Waals surface area contributed by atoms with E-state index in [9.17, 15) is 22.8 Å². The molecule has 0 aliphatic carbocycles. The Morgan fingerprint density at radius 3 is 2.46 bits per heavy atom. The minimum Gasteiger partial charge on any atom is -0.478 e. The summed E-state index contributed by atoms with van der Waals surface area (Å²) in [7, 11) is 1.94. The Morgan fingerprint density at radius 2 is 1.92 bits per heavy atom. The molecule has 24 heavy (non-hydrogen) atoms. The van der Waals surface area contributed by atoms with Crippen LogP contribution in [-0.2, 0) is 4.79 Å². The number of aromatic carboxylic acids is 1. The minimum absolute atomic E-state index is 0.0452. The van der Waals surface area contributed by atoms with Gasteiger partial charge in [0, 0.05) is 12.2 Å². The zero-order chi connectivity index (χ0) is 17.9. The molecule has 132 valence electrons. The van der Waals surface area contributed by atoms with Crippen molar-refractivity contribution in [3.8, 4) is 0 Å². The van der Waals surface area contributed by atoms with E-state index in [2.05, 4.69) is 4.90 Å². The van der Waals surface area contributed by atoms with Crippen LogP contribution in [0.2, 0.25) is 0 Å². The van der Waals surface area contributed by atoms with Gasteiger partial charge >= 0.3 is 18.1 Å². The fourth-order valence-electron chi connectivity index (χ4n) is 2.77. The van der Waals surface area contributed by atoms with Crippen LogP contribution in [0.4, 0.5) is 18.9 Å². The number of carbonyl (C=O) groups excluding carboxylic acids is 1. The van der Waals surface area contributed by atoms with Crippen LogP contribution >= 0.6 is 0 Å². The lowest BCUT2D eigenvalue weighted by atomic mass is 9.96. The highest BCUT2D eigenvalue weighted by Gasteiger charge is 2.43. The third-order valence-electron chi connectivity index (χ3n) is 4.17. The first-order chi connectivity index (χ1) is 11.2. The topological polar surface area (TPSA) is 60.9 Å². The van der Waals surface area contributed by atoms with E-state index >= 15 is 0 Å². The third kappa shape index (κ3) is 4.47. The summed E-state index contributed by atoms with van der Waals surface area (Å²) in [6.07, 6.45) is -3.63. The van der Waals surface area contributed by atoms with E-state index < -0.39 is 18.1 Å². The van der Waals surface area contributed by atoms with Gasteiger partial charge in [0.15, 0.2) is 0 Å². The van der Waals surface area contributed by atoms with Crippen LogP contribution in [0.3, 0.4) is 0 Å². The number of carboxylic acid groups (broad SMARTS) is 1. The number of benzene rings is 1. The second-order valence-corrected chi connectivity index (χ2v) is 6.02. The molecule has 0 radical (unpaired) electrons. The summed E-state index contributed by atoms with van der Waals surface area (Å²) in [5, 5.41) is 9.01. The van der Waals surface area contributed by atoms with Gasteiger partial charge in [-0.15, -0.1) is 0 Å². The number of rotatable bonds is 4. The molecule has 1 fully saturated rings. The molecule has 8 heteroatoms. The van der Waals surface area contributed by atoms with Crippen molar-refractivity contribution in [3.63, 3.8) is 0 Å². The van der Waals surface area contributed by atoms with E-state index in [1.165, 1.54) is 18.2 Å². The summed E-state index contributed by atoms with van der Waals surface area (Å²) in [6, 6.07) is 5.04. The maximum atomic E-state index is 12.9. The van der Waals surface area contributed by atoms with Gasteiger partial charge in [-0.3, -0.25) is 4.79 Å². The molecule has 1 amide bonds. The lowest BCUT2D eigenvalue weighted by Crippen LogP contribution is -2.45. The van der Waals surface area contributed by atoms with Crippen LogP contribution < -0.4 is 4.90 Å². The fraction of sp³-hybridized carbons (Fsp3) is 0.500. The Kier molecular flexibility index (Phi) is 5.48. The maximum absolute atomic E-state index is 12.9. The normalized spacial score (nSPS) is 16.8. The van der Waals surface area contributed by atoms with E-state index in [1.54, 1.807) is 0 Å². The second-order valence-electron chi connectivity index (χ2n) is 6.02. The van der Waals surface area contributed by atoms with Crippen molar-refractivity contribution in [1.82, 2.24) is 4.90 Å². The highest BCUT2D eigenvalue weighted by Crippen LogP contribution is 2.27. The molecular formula is C16H19F3N2O3. The number of hydrogen-bond acceptors (Lipinski definition) is 3.